The summed E-state index contributed by atoms with van der Waals surface area (Å²) in [7, 11) is 4.07. The smallest absolute Gasteiger partial charge is 0.259 e. The average Bonchev–Trinajstić information content (AvgIpc) is 2.61. The maximum Gasteiger partial charge on any atom is 0.259 e. The molecule has 0 spiro atoms. The van der Waals surface area contributed by atoms with Crippen molar-refractivity contribution in [2.24, 2.45) is 0 Å². The molecule has 1 saturated heterocycles. The molecule has 1 atom stereocenters. The van der Waals surface area contributed by atoms with E-state index in [0.29, 0.717) is 6.54 Å². The summed E-state index contributed by atoms with van der Waals surface area (Å²) in [6.45, 7) is 1.51. The van der Waals surface area contributed by atoms with Crippen LogP contribution in [0.2, 0.25) is 0 Å². The largest absolute Gasteiger partial charge is 0.507 e. The van der Waals surface area contributed by atoms with Gasteiger partial charge in [-0.15, -0.1) is 0 Å². The van der Waals surface area contributed by atoms with E-state index in [1.807, 2.05) is 14.1 Å². The van der Waals surface area contributed by atoms with Crippen molar-refractivity contribution in [3.63, 3.8) is 0 Å². The number of nitrogens with one attached hydrogen (secondary N) is 1. The lowest BCUT2D eigenvalue weighted by Gasteiger charge is -2.36. The number of nitrogens with zero attached hydrogens (tertiary/aromatic N) is 2. The standard InChI is InChI=1S/C20H25N3O3/c1-22(2)13-14-6-8-15(9-7-14)17-5-3-4-10-23(17)20(26)16-12-21-19(25)11-18(16)24/h6-9,11-12,17H,3-5,10,13H2,1-2H3,(H2,21,24,25)/t17-/m1/s1. The lowest BCUT2D eigenvalue weighted by molar-refractivity contribution is 0.0608. The Kier molecular flexibility index (Phi) is 5.42. The number of hydrogen-bond donors (Lipinski definition) is 2. The van der Waals surface area contributed by atoms with E-state index in [9.17, 15) is 14.7 Å². The van der Waals surface area contributed by atoms with Crippen molar-refractivity contribution in [1.29, 1.82) is 0 Å². The number of H-pyrrole nitrogens is 1. The van der Waals surface area contributed by atoms with Crippen molar-refractivity contribution in [3.8, 4) is 5.75 Å². The topological polar surface area (TPSA) is 76.6 Å². The number of carbonyl (C=O) groups excluding carboxylic acids is 1. The van der Waals surface area contributed by atoms with Crippen LogP contribution in [0.5, 0.6) is 5.75 Å². The van der Waals surface area contributed by atoms with Crippen LogP contribution in [-0.2, 0) is 6.54 Å². The molecule has 1 amide bonds. The molecule has 0 aliphatic carbocycles. The Bertz CT molecular complexity index is 827. The van der Waals surface area contributed by atoms with Gasteiger partial charge in [-0.05, 0) is 44.5 Å². The molecule has 1 aliphatic rings. The Labute approximate surface area is 153 Å². The second-order valence-corrected chi connectivity index (χ2v) is 7.09. The first-order valence-corrected chi connectivity index (χ1v) is 8.92. The van der Waals surface area contributed by atoms with Gasteiger partial charge in [0.2, 0.25) is 0 Å². The molecule has 2 N–H and O–H groups in total. The number of piperidine rings is 1. The second kappa shape index (κ2) is 7.74. The third kappa shape index (κ3) is 3.96. The van der Waals surface area contributed by atoms with Crippen molar-refractivity contribution < 1.29 is 9.90 Å². The monoisotopic (exact) mass is 355 g/mol. The molecule has 26 heavy (non-hydrogen) atoms. The van der Waals surface area contributed by atoms with Gasteiger partial charge in [-0.1, -0.05) is 24.3 Å². The van der Waals surface area contributed by atoms with E-state index in [0.717, 1.165) is 37.4 Å². The van der Waals surface area contributed by atoms with Crippen LogP contribution in [0.1, 0.15) is 46.8 Å². The highest BCUT2D eigenvalue weighted by Gasteiger charge is 2.30. The van der Waals surface area contributed by atoms with E-state index in [2.05, 4.69) is 34.1 Å². The van der Waals surface area contributed by atoms with Crippen molar-refractivity contribution in [1.82, 2.24) is 14.8 Å². The normalized spacial score (nSPS) is 17.5. The van der Waals surface area contributed by atoms with Crippen molar-refractivity contribution in [3.05, 3.63) is 63.6 Å². The van der Waals surface area contributed by atoms with Crippen LogP contribution < -0.4 is 5.56 Å². The predicted molar refractivity (Wildman–Crippen MR) is 100 cm³/mol. The average molecular weight is 355 g/mol. The molecular weight excluding hydrogens is 330 g/mol. The fourth-order valence-corrected chi connectivity index (χ4v) is 3.52. The number of hydrogen-bond acceptors (Lipinski definition) is 4. The molecule has 3 rings (SSSR count). The number of amides is 1. The summed E-state index contributed by atoms with van der Waals surface area (Å²) in [6.07, 6.45) is 4.19. The van der Waals surface area contributed by atoms with Crippen molar-refractivity contribution in [2.45, 2.75) is 31.8 Å². The summed E-state index contributed by atoms with van der Waals surface area (Å²) in [4.78, 5) is 30.6. The lowest BCUT2D eigenvalue weighted by Crippen LogP contribution is -2.38. The van der Waals surface area contributed by atoms with Gasteiger partial charge in [-0.2, -0.15) is 0 Å². The van der Waals surface area contributed by atoms with Gasteiger partial charge in [0.05, 0.1) is 11.6 Å². The third-order valence-electron chi connectivity index (χ3n) is 4.76. The molecule has 6 nitrogen and oxygen atoms in total. The first kappa shape index (κ1) is 18.2. The summed E-state index contributed by atoms with van der Waals surface area (Å²) >= 11 is 0. The number of carbonyl (C=O) groups is 1. The number of aromatic amines is 1. The number of pyridine rings is 1. The molecule has 0 saturated carbocycles. The van der Waals surface area contributed by atoms with E-state index >= 15 is 0 Å². The summed E-state index contributed by atoms with van der Waals surface area (Å²) in [5.74, 6) is -0.523. The third-order valence-corrected chi connectivity index (χ3v) is 4.76. The molecule has 138 valence electrons. The van der Waals surface area contributed by atoms with Crippen LogP contribution in [0.15, 0.2) is 41.3 Å². The Balaban J connectivity index is 1.85. The molecule has 1 aromatic heterocycles. The van der Waals surface area contributed by atoms with Crippen LogP contribution in [-0.4, -0.2) is 46.4 Å². The fraction of sp³-hybridized carbons (Fsp3) is 0.400. The van der Waals surface area contributed by atoms with Gasteiger partial charge < -0.3 is 19.9 Å². The van der Waals surface area contributed by atoms with Crippen LogP contribution in [0, 0.1) is 0 Å². The minimum Gasteiger partial charge on any atom is -0.507 e. The number of likely N-dealkylation sites (tertiary alicyclic amines) is 1. The molecule has 2 aromatic rings. The van der Waals surface area contributed by atoms with Crippen molar-refractivity contribution >= 4 is 5.91 Å². The van der Waals surface area contributed by atoms with Gasteiger partial charge in [0.25, 0.3) is 11.5 Å². The molecule has 0 unspecified atom stereocenters. The molecule has 1 aromatic carbocycles. The SMILES string of the molecule is CN(C)Cc1ccc([C@H]2CCCCN2C(=O)c2c[nH]c(=O)cc2O)cc1. The van der Waals surface area contributed by atoms with Gasteiger partial charge in [-0.25, -0.2) is 0 Å². The zero-order valence-electron chi connectivity index (χ0n) is 15.2. The quantitative estimate of drug-likeness (QED) is 0.883. The van der Waals surface area contributed by atoms with E-state index < -0.39 is 5.56 Å². The highest BCUT2D eigenvalue weighted by molar-refractivity contribution is 5.96. The molecule has 1 fully saturated rings. The van der Waals surface area contributed by atoms with Gasteiger partial charge >= 0.3 is 0 Å². The molecule has 0 radical (unpaired) electrons. The van der Waals surface area contributed by atoms with Crippen molar-refractivity contribution in [2.75, 3.05) is 20.6 Å². The molecule has 6 heteroatoms. The Morgan fingerprint density at radius 2 is 2.00 bits per heavy atom. The highest BCUT2D eigenvalue weighted by Crippen LogP contribution is 2.33. The zero-order valence-corrected chi connectivity index (χ0v) is 15.2. The lowest BCUT2D eigenvalue weighted by atomic mass is 9.93. The summed E-state index contributed by atoms with van der Waals surface area (Å²) in [5.41, 5.74) is 2.04. The first-order valence-electron chi connectivity index (χ1n) is 8.92. The first-order chi connectivity index (χ1) is 12.5. The van der Waals surface area contributed by atoms with Gasteiger partial charge in [0, 0.05) is 25.4 Å². The molecule has 2 heterocycles. The minimum atomic E-state index is -0.425. The predicted octanol–water partition coefficient (Wildman–Crippen LogP) is 2.51. The van der Waals surface area contributed by atoms with E-state index in [1.54, 1.807) is 4.90 Å². The van der Waals surface area contributed by atoms with E-state index in [-0.39, 0.29) is 23.3 Å². The van der Waals surface area contributed by atoms with Crippen LogP contribution in [0.4, 0.5) is 0 Å². The number of aromatic nitrogens is 1. The Morgan fingerprint density at radius 3 is 2.65 bits per heavy atom. The van der Waals surface area contributed by atoms with Gasteiger partial charge in [0.1, 0.15) is 5.75 Å². The van der Waals surface area contributed by atoms with Crippen LogP contribution in [0.25, 0.3) is 0 Å². The fourth-order valence-electron chi connectivity index (χ4n) is 3.52. The maximum atomic E-state index is 13.0. The molecular formula is C20H25N3O3. The van der Waals surface area contributed by atoms with Crippen LogP contribution in [0.3, 0.4) is 0 Å². The maximum absolute atomic E-state index is 13.0. The van der Waals surface area contributed by atoms with E-state index in [1.165, 1.54) is 11.8 Å². The number of rotatable bonds is 4. The summed E-state index contributed by atoms with van der Waals surface area (Å²) < 4.78 is 0. The van der Waals surface area contributed by atoms with Gasteiger partial charge in [0.15, 0.2) is 0 Å². The number of aromatic hydroxyl groups is 1. The van der Waals surface area contributed by atoms with E-state index in [4.69, 9.17) is 0 Å². The molecule has 1 aliphatic heterocycles. The number of benzene rings is 1. The van der Waals surface area contributed by atoms with Gasteiger partial charge in [-0.3, -0.25) is 9.59 Å². The summed E-state index contributed by atoms with van der Waals surface area (Å²) in [6, 6.07) is 9.40. The van der Waals surface area contributed by atoms with Crippen LogP contribution >= 0.6 is 0 Å². The Morgan fingerprint density at radius 1 is 1.27 bits per heavy atom. The highest BCUT2D eigenvalue weighted by atomic mass is 16.3. The zero-order chi connectivity index (χ0) is 18.7. The molecule has 0 bridgehead atoms. The Hall–Kier alpha value is -2.60. The summed E-state index contributed by atoms with van der Waals surface area (Å²) in [5, 5.41) is 10.00. The minimum absolute atomic E-state index is 0.0176. The second-order valence-electron chi connectivity index (χ2n) is 7.09.